The van der Waals surface area contributed by atoms with Gasteiger partial charge in [0.1, 0.15) is 0 Å². The van der Waals surface area contributed by atoms with Crippen LogP contribution in [0.4, 0.5) is 0 Å². The monoisotopic (exact) mass is 291 g/mol. The van der Waals surface area contributed by atoms with Gasteiger partial charge in [-0.25, -0.2) is 0 Å². The average Bonchev–Trinajstić information content (AvgIpc) is 2.57. The highest BCUT2D eigenvalue weighted by Gasteiger charge is 2.23. The minimum Gasteiger partial charge on any atom is -0.302 e. The summed E-state index contributed by atoms with van der Waals surface area (Å²) in [5.74, 6) is 1.44. The Labute approximate surface area is 126 Å². The Kier molecular flexibility index (Phi) is 5.28. The summed E-state index contributed by atoms with van der Waals surface area (Å²) in [5.41, 5.74) is 2.01. The molecule has 110 valence electrons. The van der Waals surface area contributed by atoms with Gasteiger partial charge in [0, 0.05) is 35.6 Å². The number of thioether (sulfide) groups is 1. The third-order valence-electron chi connectivity index (χ3n) is 3.93. The molecule has 0 spiro atoms. The van der Waals surface area contributed by atoms with E-state index in [1.165, 1.54) is 12.2 Å². The molecular formula is C17H25NOS. The zero-order chi connectivity index (χ0) is 14.6. The molecule has 1 aliphatic heterocycles. The maximum absolute atomic E-state index is 12.2. The van der Waals surface area contributed by atoms with Gasteiger partial charge in [-0.1, -0.05) is 37.6 Å². The number of hydrogen-bond acceptors (Lipinski definition) is 3. The normalized spacial score (nSPS) is 19.6. The first-order valence-corrected chi connectivity index (χ1v) is 8.41. The summed E-state index contributed by atoms with van der Waals surface area (Å²) in [5, 5.41) is 0. The molecule has 0 aromatic heterocycles. The highest BCUT2D eigenvalue weighted by atomic mass is 32.2. The van der Waals surface area contributed by atoms with Crippen LogP contribution in [0.15, 0.2) is 24.3 Å². The summed E-state index contributed by atoms with van der Waals surface area (Å²) in [6.45, 7) is 9.78. The summed E-state index contributed by atoms with van der Waals surface area (Å²) in [7, 11) is 0. The lowest BCUT2D eigenvalue weighted by atomic mass is 10.1. The minimum absolute atomic E-state index is 0.268. The van der Waals surface area contributed by atoms with Crippen molar-refractivity contribution < 1.29 is 4.79 Å². The van der Waals surface area contributed by atoms with E-state index in [0.29, 0.717) is 11.2 Å². The van der Waals surface area contributed by atoms with Crippen LogP contribution in [0.3, 0.4) is 0 Å². The van der Waals surface area contributed by atoms with Crippen LogP contribution in [0, 0.1) is 6.92 Å². The van der Waals surface area contributed by atoms with Gasteiger partial charge in [0.15, 0.2) is 5.78 Å². The van der Waals surface area contributed by atoms with Crippen molar-refractivity contribution in [3.8, 4) is 0 Å². The van der Waals surface area contributed by atoms with Gasteiger partial charge in [0.2, 0.25) is 0 Å². The van der Waals surface area contributed by atoms with Crippen molar-refractivity contribution in [3.05, 3.63) is 35.4 Å². The number of Topliss-reactive ketones (excluding diaryl/α,β-unsaturated/α-hetero) is 1. The lowest BCUT2D eigenvalue weighted by molar-refractivity contribution is 0.0965. The molecule has 0 N–H and O–H groups in total. The fraction of sp³-hybridized carbons (Fsp3) is 0.588. The van der Waals surface area contributed by atoms with Crippen molar-refractivity contribution in [1.82, 2.24) is 4.90 Å². The van der Waals surface area contributed by atoms with E-state index in [9.17, 15) is 4.79 Å². The second-order valence-electron chi connectivity index (χ2n) is 6.24. The fourth-order valence-electron chi connectivity index (χ4n) is 2.51. The fourth-order valence-corrected chi connectivity index (χ4v) is 3.65. The van der Waals surface area contributed by atoms with E-state index in [-0.39, 0.29) is 5.78 Å². The molecule has 1 aliphatic rings. The van der Waals surface area contributed by atoms with Crippen LogP contribution < -0.4 is 0 Å². The van der Waals surface area contributed by atoms with E-state index in [0.717, 1.165) is 30.8 Å². The molecule has 0 atom stereocenters. The van der Waals surface area contributed by atoms with Crippen molar-refractivity contribution in [2.24, 2.45) is 0 Å². The van der Waals surface area contributed by atoms with Crippen molar-refractivity contribution in [2.45, 2.75) is 38.4 Å². The number of benzene rings is 1. The molecule has 20 heavy (non-hydrogen) atoms. The summed E-state index contributed by atoms with van der Waals surface area (Å²) in [4.78, 5) is 14.7. The van der Waals surface area contributed by atoms with E-state index in [1.807, 2.05) is 31.2 Å². The van der Waals surface area contributed by atoms with Gasteiger partial charge in [-0.3, -0.25) is 4.79 Å². The number of nitrogens with zero attached hydrogens (tertiary/aromatic N) is 1. The van der Waals surface area contributed by atoms with Crippen LogP contribution in [-0.2, 0) is 0 Å². The van der Waals surface area contributed by atoms with Crippen molar-refractivity contribution in [3.63, 3.8) is 0 Å². The van der Waals surface area contributed by atoms with Crippen LogP contribution in [0.5, 0.6) is 0 Å². The SMILES string of the molecule is Cc1cccc(C(=O)CCN2CCSC(C)(C)CC2)c1. The van der Waals surface area contributed by atoms with Gasteiger partial charge in [-0.05, 0) is 26.0 Å². The first kappa shape index (κ1) is 15.6. The summed E-state index contributed by atoms with van der Waals surface area (Å²) in [6.07, 6.45) is 1.84. The van der Waals surface area contributed by atoms with E-state index in [4.69, 9.17) is 0 Å². The Morgan fingerprint density at radius 2 is 2.15 bits per heavy atom. The molecule has 0 radical (unpaired) electrons. The first-order chi connectivity index (χ1) is 9.46. The standard InChI is InChI=1S/C17H25NOS/c1-14-5-4-6-15(13-14)16(19)7-9-18-10-8-17(2,3)20-12-11-18/h4-6,13H,7-12H2,1-3H3. The first-order valence-electron chi connectivity index (χ1n) is 7.42. The van der Waals surface area contributed by atoms with Crippen LogP contribution in [0.1, 0.15) is 42.6 Å². The van der Waals surface area contributed by atoms with Gasteiger partial charge in [0.25, 0.3) is 0 Å². The Morgan fingerprint density at radius 1 is 1.35 bits per heavy atom. The third kappa shape index (κ3) is 4.64. The van der Waals surface area contributed by atoms with Crippen molar-refractivity contribution in [2.75, 3.05) is 25.4 Å². The lowest BCUT2D eigenvalue weighted by Gasteiger charge is -2.22. The van der Waals surface area contributed by atoms with Crippen LogP contribution in [0.2, 0.25) is 0 Å². The molecule has 1 saturated heterocycles. The number of carbonyl (C=O) groups excluding carboxylic acids is 1. The van der Waals surface area contributed by atoms with Gasteiger partial charge in [-0.15, -0.1) is 0 Å². The lowest BCUT2D eigenvalue weighted by Crippen LogP contribution is -2.29. The van der Waals surface area contributed by atoms with Crippen LogP contribution in [-0.4, -0.2) is 40.8 Å². The Hall–Kier alpha value is -0.800. The molecule has 1 aromatic rings. The second kappa shape index (κ2) is 6.77. The van der Waals surface area contributed by atoms with Crippen molar-refractivity contribution in [1.29, 1.82) is 0 Å². The topological polar surface area (TPSA) is 20.3 Å². The number of carbonyl (C=O) groups is 1. The zero-order valence-corrected chi connectivity index (χ0v) is 13.6. The highest BCUT2D eigenvalue weighted by molar-refractivity contribution is 8.00. The molecule has 1 aromatic carbocycles. The van der Waals surface area contributed by atoms with E-state index in [2.05, 4.69) is 30.5 Å². The smallest absolute Gasteiger partial charge is 0.164 e. The number of hydrogen-bond donors (Lipinski definition) is 0. The average molecular weight is 291 g/mol. The molecule has 2 rings (SSSR count). The summed E-state index contributed by atoms with van der Waals surface area (Å²) >= 11 is 2.05. The Balaban J connectivity index is 1.84. The van der Waals surface area contributed by atoms with E-state index in [1.54, 1.807) is 0 Å². The number of aryl methyl sites for hydroxylation is 1. The Bertz CT molecular complexity index is 470. The molecule has 0 aliphatic carbocycles. The largest absolute Gasteiger partial charge is 0.302 e. The predicted molar refractivity (Wildman–Crippen MR) is 87.7 cm³/mol. The molecule has 2 nitrogen and oxygen atoms in total. The van der Waals surface area contributed by atoms with E-state index >= 15 is 0 Å². The quantitative estimate of drug-likeness (QED) is 0.787. The third-order valence-corrected chi connectivity index (χ3v) is 5.30. The summed E-state index contributed by atoms with van der Waals surface area (Å²) in [6, 6.07) is 7.92. The maximum atomic E-state index is 12.2. The molecule has 1 fully saturated rings. The second-order valence-corrected chi connectivity index (χ2v) is 8.04. The van der Waals surface area contributed by atoms with Gasteiger partial charge in [-0.2, -0.15) is 11.8 Å². The van der Waals surface area contributed by atoms with Gasteiger partial charge < -0.3 is 4.90 Å². The number of ketones is 1. The molecule has 0 amide bonds. The van der Waals surface area contributed by atoms with Crippen molar-refractivity contribution >= 4 is 17.5 Å². The Morgan fingerprint density at radius 3 is 2.90 bits per heavy atom. The summed E-state index contributed by atoms with van der Waals surface area (Å²) < 4.78 is 0.384. The van der Waals surface area contributed by atoms with Crippen LogP contribution in [0.25, 0.3) is 0 Å². The molecule has 0 bridgehead atoms. The molecule has 0 unspecified atom stereocenters. The van der Waals surface area contributed by atoms with E-state index < -0.39 is 0 Å². The van der Waals surface area contributed by atoms with Crippen LogP contribution >= 0.6 is 11.8 Å². The predicted octanol–water partition coefficient (Wildman–Crippen LogP) is 3.79. The molecule has 1 heterocycles. The highest BCUT2D eigenvalue weighted by Crippen LogP contribution is 2.30. The number of rotatable bonds is 4. The zero-order valence-electron chi connectivity index (χ0n) is 12.8. The minimum atomic E-state index is 0.268. The maximum Gasteiger partial charge on any atom is 0.164 e. The molecular weight excluding hydrogens is 266 g/mol. The molecule has 3 heteroatoms. The van der Waals surface area contributed by atoms with Gasteiger partial charge >= 0.3 is 0 Å². The van der Waals surface area contributed by atoms with Gasteiger partial charge in [0.05, 0.1) is 0 Å². The molecule has 0 saturated carbocycles.